The van der Waals surface area contributed by atoms with Crippen LogP contribution >= 0.6 is 11.8 Å². The smallest absolute Gasteiger partial charge is 0.233 e. The standard InChI is InChI=1S/C21H24N6OS/c1-16-6-8-17(9-7-16)20-23-24-21(25(20)2)29-15-19(28)27-13-11-26(12-14-27)18-5-3-4-10-22-18/h3-10H,11-15H2,1-2H3. The summed E-state index contributed by atoms with van der Waals surface area (Å²) in [5, 5.41) is 9.33. The van der Waals surface area contributed by atoms with E-state index in [1.807, 2.05) is 46.8 Å². The zero-order valence-corrected chi connectivity index (χ0v) is 17.5. The Morgan fingerprint density at radius 1 is 1.03 bits per heavy atom. The van der Waals surface area contributed by atoms with Crippen LogP contribution in [-0.2, 0) is 11.8 Å². The number of nitrogens with zero attached hydrogens (tertiary/aromatic N) is 6. The first-order valence-corrected chi connectivity index (χ1v) is 10.6. The minimum Gasteiger partial charge on any atom is -0.353 e. The number of carbonyl (C=O) groups excluding carboxylic acids is 1. The van der Waals surface area contributed by atoms with Crippen molar-refractivity contribution in [3.63, 3.8) is 0 Å². The number of anilines is 1. The summed E-state index contributed by atoms with van der Waals surface area (Å²) in [5.41, 5.74) is 2.23. The van der Waals surface area contributed by atoms with Gasteiger partial charge in [0.1, 0.15) is 5.82 Å². The summed E-state index contributed by atoms with van der Waals surface area (Å²) in [5.74, 6) is 2.28. The van der Waals surface area contributed by atoms with E-state index in [9.17, 15) is 4.79 Å². The maximum atomic E-state index is 12.7. The summed E-state index contributed by atoms with van der Waals surface area (Å²) >= 11 is 1.44. The largest absolute Gasteiger partial charge is 0.353 e. The van der Waals surface area contributed by atoms with Crippen molar-refractivity contribution < 1.29 is 4.79 Å². The van der Waals surface area contributed by atoms with Crippen molar-refractivity contribution in [1.82, 2.24) is 24.6 Å². The molecular formula is C21H24N6OS. The van der Waals surface area contributed by atoms with Crippen LogP contribution in [0.1, 0.15) is 5.56 Å². The first-order chi connectivity index (χ1) is 14.1. The summed E-state index contributed by atoms with van der Waals surface area (Å²) in [6.45, 7) is 5.08. The van der Waals surface area contributed by atoms with Crippen LogP contribution < -0.4 is 4.90 Å². The van der Waals surface area contributed by atoms with E-state index < -0.39 is 0 Å². The van der Waals surface area contributed by atoms with Crippen molar-refractivity contribution >= 4 is 23.5 Å². The molecule has 2 aromatic heterocycles. The SMILES string of the molecule is Cc1ccc(-c2nnc(SCC(=O)N3CCN(c4ccccn4)CC3)n2C)cc1. The predicted octanol–water partition coefficient (Wildman–Crippen LogP) is 2.63. The van der Waals surface area contributed by atoms with E-state index in [0.717, 1.165) is 35.5 Å². The topological polar surface area (TPSA) is 67.2 Å². The maximum absolute atomic E-state index is 12.7. The second-order valence-corrected chi connectivity index (χ2v) is 8.02. The molecule has 0 N–H and O–H groups in total. The predicted molar refractivity (Wildman–Crippen MR) is 115 cm³/mol. The van der Waals surface area contributed by atoms with Crippen LogP contribution in [0.2, 0.25) is 0 Å². The quantitative estimate of drug-likeness (QED) is 0.605. The van der Waals surface area contributed by atoms with Gasteiger partial charge in [-0.1, -0.05) is 47.7 Å². The van der Waals surface area contributed by atoms with Gasteiger partial charge in [-0.05, 0) is 19.1 Å². The molecule has 150 valence electrons. The zero-order valence-electron chi connectivity index (χ0n) is 16.7. The van der Waals surface area contributed by atoms with Crippen LogP contribution in [0.15, 0.2) is 53.8 Å². The number of hydrogen-bond acceptors (Lipinski definition) is 6. The van der Waals surface area contributed by atoms with Gasteiger partial charge in [-0.3, -0.25) is 4.79 Å². The fraction of sp³-hybridized carbons (Fsp3) is 0.333. The highest BCUT2D eigenvalue weighted by atomic mass is 32.2. The van der Waals surface area contributed by atoms with Crippen molar-refractivity contribution in [3.05, 3.63) is 54.2 Å². The summed E-state index contributed by atoms with van der Waals surface area (Å²) < 4.78 is 1.95. The molecule has 0 unspecified atom stereocenters. The number of rotatable bonds is 5. The number of aryl methyl sites for hydroxylation is 1. The average molecular weight is 409 g/mol. The Hall–Kier alpha value is -2.87. The Morgan fingerprint density at radius 3 is 2.48 bits per heavy atom. The number of pyridine rings is 1. The molecule has 7 nitrogen and oxygen atoms in total. The molecule has 8 heteroatoms. The molecule has 1 aromatic carbocycles. The van der Waals surface area contributed by atoms with Crippen LogP contribution in [0.5, 0.6) is 0 Å². The molecule has 1 aliphatic rings. The van der Waals surface area contributed by atoms with Crippen molar-refractivity contribution in [1.29, 1.82) is 0 Å². The average Bonchev–Trinajstić information content (AvgIpc) is 3.13. The number of aromatic nitrogens is 4. The van der Waals surface area contributed by atoms with E-state index in [0.29, 0.717) is 18.8 Å². The summed E-state index contributed by atoms with van der Waals surface area (Å²) in [7, 11) is 1.94. The number of amides is 1. The Kier molecular flexibility index (Phi) is 5.80. The Balaban J connectivity index is 1.32. The molecule has 29 heavy (non-hydrogen) atoms. The van der Waals surface area contributed by atoms with Crippen LogP contribution in [0, 0.1) is 6.92 Å². The lowest BCUT2D eigenvalue weighted by Gasteiger charge is -2.35. The van der Waals surface area contributed by atoms with Gasteiger partial charge in [0, 0.05) is 45.0 Å². The lowest BCUT2D eigenvalue weighted by molar-refractivity contribution is -0.128. The second kappa shape index (κ2) is 8.65. The van der Waals surface area contributed by atoms with Crippen molar-refractivity contribution in [3.8, 4) is 11.4 Å². The van der Waals surface area contributed by atoms with Gasteiger partial charge in [0.15, 0.2) is 11.0 Å². The first-order valence-electron chi connectivity index (χ1n) is 9.65. The number of thioether (sulfide) groups is 1. The molecule has 0 atom stereocenters. The first kappa shape index (κ1) is 19.4. The summed E-state index contributed by atoms with van der Waals surface area (Å²) in [4.78, 5) is 21.2. The van der Waals surface area contributed by atoms with Gasteiger partial charge in [-0.15, -0.1) is 10.2 Å². The van der Waals surface area contributed by atoms with Gasteiger partial charge < -0.3 is 14.4 Å². The van der Waals surface area contributed by atoms with Crippen LogP contribution in [-0.4, -0.2) is 62.5 Å². The van der Waals surface area contributed by atoms with Crippen LogP contribution in [0.3, 0.4) is 0 Å². The third kappa shape index (κ3) is 4.42. The van der Waals surface area contributed by atoms with Gasteiger partial charge in [0.2, 0.25) is 5.91 Å². The normalized spacial score (nSPS) is 14.3. The fourth-order valence-electron chi connectivity index (χ4n) is 3.34. The molecule has 0 saturated carbocycles. The second-order valence-electron chi connectivity index (χ2n) is 7.08. The third-order valence-electron chi connectivity index (χ3n) is 5.08. The molecule has 0 aliphatic carbocycles. The molecule has 1 aliphatic heterocycles. The van der Waals surface area contributed by atoms with Crippen molar-refractivity contribution in [2.24, 2.45) is 7.05 Å². The number of piperazine rings is 1. The minimum atomic E-state index is 0.135. The highest BCUT2D eigenvalue weighted by Crippen LogP contribution is 2.23. The molecule has 3 aromatic rings. The van der Waals surface area contributed by atoms with E-state index in [2.05, 4.69) is 39.1 Å². The van der Waals surface area contributed by atoms with Gasteiger partial charge in [0.25, 0.3) is 0 Å². The third-order valence-corrected chi connectivity index (χ3v) is 6.08. The molecule has 1 fully saturated rings. The number of carbonyl (C=O) groups is 1. The molecule has 1 saturated heterocycles. The lowest BCUT2D eigenvalue weighted by Crippen LogP contribution is -2.49. The molecule has 0 spiro atoms. The minimum absolute atomic E-state index is 0.135. The summed E-state index contributed by atoms with van der Waals surface area (Å²) in [6, 6.07) is 14.1. The zero-order chi connectivity index (χ0) is 20.2. The maximum Gasteiger partial charge on any atom is 0.233 e. The van der Waals surface area contributed by atoms with E-state index in [1.54, 1.807) is 6.20 Å². The van der Waals surface area contributed by atoms with Gasteiger partial charge in [-0.25, -0.2) is 4.98 Å². The van der Waals surface area contributed by atoms with E-state index in [-0.39, 0.29) is 5.91 Å². The summed E-state index contributed by atoms with van der Waals surface area (Å²) in [6.07, 6.45) is 1.80. The molecule has 1 amide bonds. The fourth-order valence-corrected chi connectivity index (χ4v) is 4.15. The molecule has 0 radical (unpaired) electrons. The number of benzene rings is 1. The van der Waals surface area contributed by atoms with E-state index in [1.165, 1.54) is 17.3 Å². The Bertz CT molecular complexity index is 965. The molecular weight excluding hydrogens is 384 g/mol. The molecule has 3 heterocycles. The van der Waals surface area contributed by atoms with E-state index in [4.69, 9.17) is 0 Å². The molecule has 0 bridgehead atoms. The van der Waals surface area contributed by atoms with Gasteiger partial charge >= 0.3 is 0 Å². The number of hydrogen-bond donors (Lipinski definition) is 0. The van der Waals surface area contributed by atoms with E-state index >= 15 is 0 Å². The van der Waals surface area contributed by atoms with Gasteiger partial charge in [-0.2, -0.15) is 0 Å². The molecule has 4 rings (SSSR count). The van der Waals surface area contributed by atoms with Crippen molar-refractivity contribution in [2.45, 2.75) is 12.1 Å². The highest BCUT2D eigenvalue weighted by Gasteiger charge is 2.22. The van der Waals surface area contributed by atoms with Gasteiger partial charge in [0.05, 0.1) is 5.75 Å². The van der Waals surface area contributed by atoms with Crippen LogP contribution in [0.4, 0.5) is 5.82 Å². The van der Waals surface area contributed by atoms with Crippen molar-refractivity contribution in [2.75, 3.05) is 36.8 Å². The van der Waals surface area contributed by atoms with Crippen LogP contribution in [0.25, 0.3) is 11.4 Å². The monoisotopic (exact) mass is 408 g/mol. The lowest BCUT2D eigenvalue weighted by atomic mass is 10.1. The highest BCUT2D eigenvalue weighted by molar-refractivity contribution is 7.99. The Morgan fingerprint density at radius 2 is 1.79 bits per heavy atom. The Labute approximate surface area is 174 Å².